The minimum absolute atomic E-state index is 0.0378. The number of aromatic nitrogens is 1. The molecule has 4 aromatic rings. The molecular formula is C31H30N2O5S. The summed E-state index contributed by atoms with van der Waals surface area (Å²) >= 11 is 1.32. The van der Waals surface area contributed by atoms with Crippen molar-refractivity contribution in [3.05, 3.63) is 88.5 Å². The summed E-state index contributed by atoms with van der Waals surface area (Å²) in [5.74, 6) is -1.14. The highest BCUT2D eigenvalue weighted by molar-refractivity contribution is 7.22. The first-order valence-corrected chi connectivity index (χ1v) is 13.5. The number of aliphatic hydroxyl groups excluding tert-OH is 1. The number of amides is 1. The smallest absolute Gasteiger partial charge is 0.301 e. The number of hydrogen-bond acceptors (Lipinski definition) is 7. The van der Waals surface area contributed by atoms with Gasteiger partial charge in [-0.2, -0.15) is 0 Å². The van der Waals surface area contributed by atoms with Crippen molar-refractivity contribution in [2.75, 3.05) is 12.0 Å². The average Bonchev–Trinajstić information content (AvgIpc) is 3.45. The number of aromatic hydroxyl groups is 1. The molecule has 1 aliphatic rings. The number of aryl methyl sites for hydroxylation is 1. The van der Waals surface area contributed by atoms with Crippen molar-refractivity contribution in [1.29, 1.82) is 0 Å². The van der Waals surface area contributed by atoms with Gasteiger partial charge in [0, 0.05) is 11.1 Å². The number of thiazole rings is 1. The molecule has 8 heteroatoms. The Labute approximate surface area is 231 Å². The lowest BCUT2D eigenvalue weighted by molar-refractivity contribution is -0.132. The van der Waals surface area contributed by atoms with Gasteiger partial charge in [0.2, 0.25) is 0 Å². The van der Waals surface area contributed by atoms with E-state index in [0.29, 0.717) is 22.0 Å². The van der Waals surface area contributed by atoms with Crippen molar-refractivity contribution >= 4 is 44.1 Å². The van der Waals surface area contributed by atoms with Crippen LogP contribution in [-0.4, -0.2) is 34.0 Å². The fraction of sp³-hybridized carbons (Fsp3) is 0.258. The number of phenolic OH excluding ortho intramolecular Hbond substituents is 1. The number of methoxy groups -OCH3 is 1. The molecule has 1 amide bonds. The number of benzene rings is 3. The first-order valence-electron chi connectivity index (χ1n) is 12.7. The second-order valence-electron chi connectivity index (χ2n) is 10.6. The first-order chi connectivity index (χ1) is 18.5. The van der Waals surface area contributed by atoms with Crippen LogP contribution in [0.3, 0.4) is 0 Å². The molecule has 5 rings (SSSR count). The van der Waals surface area contributed by atoms with E-state index in [9.17, 15) is 19.8 Å². The second-order valence-corrected chi connectivity index (χ2v) is 11.6. The molecule has 2 heterocycles. The molecule has 1 fully saturated rings. The van der Waals surface area contributed by atoms with Crippen LogP contribution >= 0.6 is 11.3 Å². The molecule has 7 nitrogen and oxygen atoms in total. The molecule has 0 saturated carbocycles. The van der Waals surface area contributed by atoms with Crippen LogP contribution in [-0.2, 0) is 21.4 Å². The van der Waals surface area contributed by atoms with E-state index in [4.69, 9.17) is 4.74 Å². The SMILES string of the molecule is CCc1ccc2nc(N3C(=O)C(=O)/C(=C(/O)c4ccc(OC)c(C(C)(C)C)c4)C3c3ccc(O)cc3)sc2c1. The maximum absolute atomic E-state index is 13.6. The van der Waals surface area contributed by atoms with Crippen LogP contribution in [0.15, 0.2) is 66.2 Å². The van der Waals surface area contributed by atoms with Gasteiger partial charge in [-0.25, -0.2) is 4.98 Å². The van der Waals surface area contributed by atoms with Gasteiger partial charge < -0.3 is 14.9 Å². The van der Waals surface area contributed by atoms with Gasteiger partial charge in [-0.3, -0.25) is 14.5 Å². The number of carbonyl (C=O) groups excluding carboxylic acids is 2. The van der Waals surface area contributed by atoms with Crippen molar-refractivity contribution in [2.24, 2.45) is 0 Å². The predicted molar refractivity (Wildman–Crippen MR) is 154 cm³/mol. The highest BCUT2D eigenvalue weighted by atomic mass is 32.1. The summed E-state index contributed by atoms with van der Waals surface area (Å²) in [6, 6.07) is 16.5. The van der Waals surface area contributed by atoms with Crippen LogP contribution in [0.5, 0.6) is 11.5 Å². The van der Waals surface area contributed by atoms with Gasteiger partial charge in [0.15, 0.2) is 5.13 Å². The van der Waals surface area contributed by atoms with Gasteiger partial charge in [0.25, 0.3) is 5.78 Å². The molecule has 0 bridgehead atoms. The van der Waals surface area contributed by atoms with Crippen molar-refractivity contribution < 1.29 is 24.5 Å². The lowest BCUT2D eigenvalue weighted by Gasteiger charge is -2.24. The van der Waals surface area contributed by atoms with Crippen LogP contribution in [0.4, 0.5) is 5.13 Å². The molecule has 2 N–H and O–H groups in total. The number of hydrogen-bond donors (Lipinski definition) is 2. The van der Waals surface area contributed by atoms with Gasteiger partial charge in [-0.1, -0.05) is 57.2 Å². The van der Waals surface area contributed by atoms with E-state index in [1.54, 1.807) is 37.4 Å². The number of anilines is 1. The van der Waals surface area contributed by atoms with Gasteiger partial charge in [-0.05, 0) is 65.4 Å². The fourth-order valence-electron chi connectivity index (χ4n) is 4.88. The molecule has 0 spiro atoms. The highest BCUT2D eigenvalue weighted by Gasteiger charge is 2.48. The van der Waals surface area contributed by atoms with Crippen molar-refractivity contribution in [3.8, 4) is 11.5 Å². The minimum Gasteiger partial charge on any atom is -0.508 e. The van der Waals surface area contributed by atoms with Crippen LogP contribution in [0.2, 0.25) is 0 Å². The summed E-state index contributed by atoms with van der Waals surface area (Å²) in [5.41, 5.74) is 3.34. The summed E-state index contributed by atoms with van der Waals surface area (Å²) in [5, 5.41) is 21.9. The lowest BCUT2D eigenvalue weighted by Crippen LogP contribution is -2.29. The number of ketones is 1. The molecule has 1 saturated heterocycles. The van der Waals surface area contributed by atoms with Gasteiger partial charge in [0.05, 0.1) is 28.9 Å². The van der Waals surface area contributed by atoms with E-state index < -0.39 is 17.7 Å². The molecule has 1 aliphatic heterocycles. The molecule has 200 valence electrons. The van der Waals surface area contributed by atoms with Gasteiger partial charge >= 0.3 is 5.91 Å². The van der Waals surface area contributed by atoms with Crippen molar-refractivity contribution in [1.82, 2.24) is 4.98 Å². The zero-order chi connectivity index (χ0) is 28.1. The normalized spacial score (nSPS) is 17.3. The number of aliphatic hydroxyl groups is 1. The zero-order valence-electron chi connectivity index (χ0n) is 22.5. The number of rotatable bonds is 5. The molecule has 1 atom stereocenters. The Balaban J connectivity index is 1.72. The van der Waals surface area contributed by atoms with E-state index in [2.05, 4.69) is 11.9 Å². The van der Waals surface area contributed by atoms with Crippen LogP contribution in [0.1, 0.15) is 56.0 Å². The number of phenols is 1. The van der Waals surface area contributed by atoms with Gasteiger partial charge in [-0.15, -0.1) is 0 Å². The molecule has 3 aromatic carbocycles. The third kappa shape index (κ3) is 4.65. The summed E-state index contributed by atoms with van der Waals surface area (Å²) in [6.07, 6.45) is 0.861. The van der Waals surface area contributed by atoms with Gasteiger partial charge in [0.1, 0.15) is 17.3 Å². The Morgan fingerprint density at radius 1 is 1.05 bits per heavy atom. The summed E-state index contributed by atoms with van der Waals surface area (Å²) < 4.78 is 6.44. The Kier molecular flexibility index (Phi) is 6.68. The quantitative estimate of drug-likeness (QED) is 0.170. The lowest BCUT2D eigenvalue weighted by atomic mass is 9.84. The van der Waals surface area contributed by atoms with E-state index in [-0.39, 0.29) is 22.5 Å². The Morgan fingerprint density at radius 3 is 2.41 bits per heavy atom. The Hall–Kier alpha value is -4.17. The number of Topliss-reactive ketones (excluding diaryl/α,β-unsaturated/α-hetero) is 1. The number of fused-ring (bicyclic) bond motifs is 1. The topological polar surface area (TPSA) is 100.0 Å². The molecule has 0 aliphatic carbocycles. The largest absolute Gasteiger partial charge is 0.508 e. The number of carbonyl (C=O) groups is 2. The number of nitrogens with zero attached hydrogens (tertiary/aromatic N) is 2. The monoisotopic (exact) mass is 542 g/mol. The summed E-state index contributed by atoms with van der Waals surface area (Å²) in [4.78, 5) is 33.2. The summed E-state index contributed by atoms with van der Waals surface area (Å²) in [7, 11) is 1.59. The first kappa shape index (κ1) is 26.4. The van der Waals surface area contributed by atoms with Crippen LogP contribution in [0, 0.1) is 0 Å². The standard InChI is InChI=1S/C31H30N2O5S/c1-6-17-7-13-22-24(15-17)39-30(32-22)33-26(18-8-11-20(34)12-9-18)25(28(36)29(33)37)27(35)19-10-14-23(38-5)21(16-19)31(2,3)4/h7-16,26,34-35H,6H2,1-5H3/b27-25+. The maximum Gasteiger partial charge on any atom is 0.301 e. The highest BCUT2D eigenvalue weighted by Crippen LogP contribution is 2.45. The molecule has 0 radical (unpaired) electrons. The second kappa shape index (κ2) is 9.85. The van der Waals surface area contributed by atoms with E-state index >= 15 is 0 Å². The molecule has 39 heavy (non-hydrogen) atoms. The molecular weight excluding hydrogens is 512 g/mol. The fourth-order valence-corrected chi connectivity index (χ4v) is 5.93. The third-order valence-corrected chi connectivity index (χ3v) is 8.01. The summed E-state index contributed by atoms with van der Waals surface area (Å²) in [6.45, 7) is 8.15. The van der Waals surface area contributed by atoms with Crippen LogP contribution < -0.4 is 9.64 Å². The maximum atomic E-state index is 13.6. The zero-order valence-corrected chi connectivity index (χ0v) is 23.3. The molecule has 1 aromatic heterocycles. The minimum atomic E-state index is -0.933. The number of ether oxygens (including phenoxy) is 1. The average molecular weight is 543 g/mol. The third-order valence-electron chi connectivity index (χ3n) is 6.99. The predicted octanol–water partition coefficient (Wildman–Crippen LogP) is 6.50. The van der Waals surface area contributed by atoms with E-state index in [1.807, 2.05) is 39.0 Å². The molecule has 1 unspecified atom stereocenters. The van der Waals surface area contributed by atoms with Crippen molar-refractivity contribution in [2.45, 2.75) is 45.6 Å². The van der Waals surface area contributed by atoms with E-state index in [0.717, 1.165) is 27.8 Å². The Morgan fingerprint density at radius 2 is 1.77 bits per heavy atom. The van der Waals surface area contributed by atoms with Crippen molar-refractivity contribution in [3.63, 3.8) is 0 Å². The Bertz CT molecular complexity index is 1630. The van der Waals surface area contributed by atoms with Crippen LogP contribution in [0.25, 0.3) is 16.0 Å². The van der Waals surface area contributed by atoms with E-state index in [1.165, 1.54) is 28.4 Å².